The van der Waals surface area contributed by atoms with Gasteiger partial charge in [0.25, 0.3) is 0 Å². The van der Waals surface area contributed by atoms with E-state index in [0.717, 1.165) is 13.0 Å². The van der Waals surface area contributed by atoms with Crippen LogP contribution < -0.4 is 10.6 Å². The van der Waals surface area contributed by atoms with Gasteiger partial charge in [0, 0.05) is 20.1 Å². The molecule has 2 N–H and O–H groups in total. The van der Waals surface area contributed by atoms with Crippen molar-refractivity contribution in [2.75, 3.05) is 23.8 Å². The lowest BCUT2D eigenvalue weighted by atomic mass is 10.1. The van der Waals surface area contributed by atoms with Crippen molar-refractivity contribution in [3.05, 3.63) is 22.7 Å². The van der Waals surface area contributed by atoms with Crippen molar-refractivity contribution in [3.8, 4) is 6.07 Å². The Morgan fingerprint density at radius 1 is 1.63 bits per heavy atom. The molecular weight excluding hydrogens is 266 g/mol. The summed E-state index contributed by atoms with van der Waals surface area (Å²) >= 11 is 6.14. The maximum absolute atomic E-state index is 11.2. The number of hydrogen-bond acceptors (Lipinski definition) is 4. The molecule has 0 unspecified atom stereocenters. The zero-order chi connectivity index (χ0) is 13.8. The second-order valence-corrected chi connectivity index (χ2v) is 4.74. The minimum atomic E-state index is -0.214. The highest BCUT2D eigenvalue weighted by molar-refractivity contribution is 6.34. The Hall–Kier alpha value is -1.77. The summed E-state index contributed by atoms with van der Waals surface area (Å²) in [6.07, 6.45) is 1.19. The maximum Gasteiger partial charge on any atom is 0.221 e. The van der Waals surface area contributed by atoms with Gasteiger partial charge in [0.1, 0.15) is 0 Å². The molecule has 100 valence electrons. The van der Waals surface area contributed by atoms with Gasteiger partial charge in [-0.2, -0.15) is 5.26 Å². The minimum Gasteiger partial charge on any atom is -0.380 e. The van der Waals surface area contributed by atoms with E-state index in [4.69, 9.17) is 21.6 Å². The average Bonchev–Trinajstić information content (AvgIpc) is 2.29. The van der Waals surface area contributed by atoms with Gasteiger partial charge in [0.05, 0.1) is 34.1 Å². The molecule has 0 bridgehead atoms. The topological polar surface area (TPSA) is 74.2 Å². The predicted molar refractivity (Wildman–Crippen MR) is 73.3 cm³/mol. The van der Waals surface area contributed by atoms with Gasteiger partial charge in [0.15, 0.2) is 0 Å². The number of carbonyl (C=O) groups is 1. The number of rotatable bonds is 4. The van der Waals surface area contributed by atoms with E-state index in [2.05, 4.69) is 10.6 Å². The number of carbonyl (C=O) groups excluding carboxylic acids is 1. The van der Waals surface area contributed by atoms with Gasteiger partial charge >= 0.3 is 0 Å². The quantitative estimate of drug-likeness (QED) is 0.887. The van der Waals surface area contributed by atoms with Crippen LogP contribution in [-0.2, 0) is 9.53 Å². The van der Waals surface area contributed by atoms with Crippen LogP contribution in [0, 0.1) is 11.3 Å². The van der Waals surface area contributed by atoms with Crippen molar-refractivity contribution in [1.29, 1.82) is 5.26 Å². The highest BCUT2D eigenvalue weighted by Gasteiger charge is 2.19. The van der Waals surface area contributed by atoms with E-state index in [1.807, 2.05) is 6.07 Å². The van der Waals surface area contributed by atoms with E-state index in [1.165, 1.54) is 6.92 Å². The number of hydrogen-bond donors (Lipinski definition) is 2. The molecule has 1 aliphatic heterocycles. The minimum absolute atomic E-state index is 0.178. The molecule has 0 radical (unpaired) electrons. The number of amides is 1. The summed E-state index contributed by atoms with van der Waals surface area (Å²) in [5.74, 6) is -0.214. The lowest BCUT2D eigenvalue weighted by Gasteiger charge is -2.27. The number of ether oxygens (including phenoxy) is 1. The van der Waals surface area contributed by atoms with E-state index in [1.54, 1.807) is 12.1 Å². The SMILES string of the molecule is CC(=O)Nc1cc(C#N)cc(Cl)c1NC[C@@H]1CCO1. The highest BCUT2D eigenvalue weighted by atomic mass is 35.5. The van der Waals surface area contributed by atoms with Crippen molar-refractivity contribution in [3.63, 3.8) is 0 Å². The van der Waals surface area contributed by atoms with E-state index in [0.29, 0.717) is 28.5 Å². The fourth-order valence-corrected chi connectivity index (χ4v) is 2.09. The van der Waals surface area contributed by atoms with Crippen molar-refractivity contribution >= 4 is 28.9 Å². The predicted octanol–water partition coefficient (Wildman–Crippen LogP) is 2.37. The van der Waals surface area contributed by atoms with Crippen LogP contribution in [0.1, 0.15) is 18.9 Å². The second-order valence-electron chi connectivity index (χ2n) is 4.34. The van der Waals surface area contributed by atoms with Crippen LogP contribution in [0.3, 0.4) is 0 Å². The molecule has 1 saturated heterocycles. The zero-order valence-electron chi connectivity index (χ0n) is 10.5. The molecule has 6 heteroatoms. The summed E-state index contributed by atoms with van der Waals surface area (Å²) in [4.78, 5) is 11.2. The molecular formula is C13H14ClN3O2. The van der Waals surface area contributed by atoms with E-state index in [9.17, 15) is 4.79 Å². The highest BCUT2D eigenvalue weighted by Crippen LogP contribution is 2.32. The summed E-state index contributed by atoms with van der Waals surface area (Å²) in [6, 6.07) is 5.17. The zero-order valence-corrected chi connectivity index (χ0v) is 11.3. The third kappa shape index (κ3) is 3.37. The lowest BCUT2D eigenvalue weighted by molar-refractivity contribution is -0.114. The fraction of sp³-hybridized carbons (Fsp3) is 0.385. The summed E-state index contributed by atoms with van der Waals surface area (Å²) in [5.41, 5.74) is 1.53. The molecule has 2 rings (SSSR count). The Morgan fingerprint density at radius 2 is 2.37 bits per heavy atom. The van der Waals surface area contributed by atoms with Crippen LogP contribution >= 0.6 is 11.6 Å². The van der Waals surface area contributed by atoms with Gasteiger partial charge in [-0.1, -0.05) is 11.6 Å². The van der Waals surface area contributed by atoms with Gasteiger partial charge in [-0.25, -0.2) is 0 Å². The Labute approximate surface area is 116 Å². The Morgan fingerprint density at radius 3 is 2.89 bits per heavy atom. The molecule has 0 aromatic heterocycles. The van der Waals surface area contributed by atoms with Crippen LogP contribution in [0.5, 0.6) is 0 Å². The Kier molecular flexibility index (Phi) is 4.25. The second kappa shape index (κ2) is 5.91. The first-order valence-electron chi connectivity index (χ1n) is 5.97. The standard InChI is InChI=1S/C13H14ClN3O2/c1-8(18)17-12-5-9(6-15)4-11(14)13(12)16-7-10-2-3-19-10/h4-5,10,16H,2-3,7H2,1H3,(H,17,18)/t10-/m0/s1. The number of anilines is 2. The van der Waals surface area contributed by atoms with E-state index in [-0.39, 0.29) is 12.0 Å². The van der Waals surface area contributed by atoms with Gasteiger partial charge < -0.3 is 15.4 Å². The largest absolute Gasteiger partial charge is 0.380 e. The van der Waals surface area contributed by atoms with Crippen molar-refractivity contribution in [2.24, 2.45) is 0 Å². The van der Waals surface area contributed by atoms with Gasteiger partial charge in [0.2, 0.25) is 5.91 Å². The lowest BCUT2D eigenvalue weighted by Crippen LogP contribution is -2.33. The summed E-state index contributed by atoms with van der Waals surface area (Å²) in [5, 5.41) is 15.1. The first kappa shape index (κ1) is 13.7. The average molecular weight is 280 g/mol. The molecule has 0 saturated carbocycles. The molecule has 0 spiro atoms. The van der Waals surface area contributed by atoms with Gasteiger partial charge in [-0.05, 0) is 18.6 Å². The Bertz CT molecular complexity index is 535. The third-order valence-corrected chi connectivity index (χ3v) is 3.13. The van der Waals surface area contributed by atoms with E-state index < -0.39 is 0 Å². The smallest absolute Gasteiger partial charge is 0.221 e. The first-order chi connectivity index (χ1) is 9.10. The molecule has 1 aromatic rings. The fourth-order valence-electron chi connectivity index (χ4n) is 1.80. The van der Waals surface area contributed by atoms with Crippen molar-refractivity contribution < 1.29 is 9.53 Å². The molecule has 5 nitrogen and oxygen atoms in total. The van der Waals surface area contributed by atoms with E-state index >= 15 is 0 Å². The number of nitrogens with one attached hydrogen (secondary N) is 2. The van der Waals surface area contributed by atoms with Crippen LogP contribution in [0.15, 0.2) is 12.1 Å². The van der Waals surface area contributed by atoms with Crippen LogP contribution in [0.4, 0.5) is 11.4 Å². The van der Waals surface area contributed by atoms with Crippen LogP contribution in [0.25, 0.3) is 0 Å². The molecule has 1 atom stereocenters. The first-order valence-corrected chi connectivity index (χ1v) is 6.34. The van der Waals surface area contributed by atoms with Crippen molar-refractivity contribution in [1.82, 2.24) is 0 Å². The van der Waals surface area contributed by atoms with Crippen LogP contribution in [-0.4, -0.2) is 25.2 Å². The van der Waals surface area contributed by atoms with Crippen molar-refractivity contribution in [2.45, 2.75) is 19.4 Å². The van der Waals surface area contributed by atoms with Crippen LogP contribution in [0.2, 0.25) is 5.02 Å². The monoisotopic (exact) mass is 279 g/mol. The molecule has 1 amide bonds. The molecule has 1 fully saturated rings. The molecule has 1 aliphatic rings. The number of benzene rings is 1. The number of nitriles is 1. The normalized spacial score (nSPS) is 17.2. The molecule has 0 aliphatic carbocycles. The molecule has 19 heavy (non-hydrogen) atoms. The van der Waals surface area contributed by atoms with Gasteiger partial charge in [-0.15, -0.1) is 0 Å². The maximum atomic E-state index is 11.2. The Balaban J connectivity index is 2.22. The molecule has 1 heterocycles. The molecule has 1 aromatic carbocycles. The third-order valence-electron chi connectivity index (χ3n) is 2.83. The summed E-state index contributed by atoms with van der Waals surface area (Å²) < 4.78 is 5.31. The van der Waals surface area contributed by atoms with Gasteiger partial charge in [-0.3, -0.25) is 4.79 Å². The number of halogens is 1. The number of nitrogens with zero attached hydrogens (tertiary/aromatic N) is 1. The summed E-state index contributed by atoms with van der Waals surface area (Å²) in [7, 11) is 0. The summed E-state index contributed by atoms with van der Waals surface area (Å²) in [6.45, 7) is 2.82.